The molecule has 0 bridgehead atoms. The highest BCUT2D eigenvalue weighted by Gasteiger charge is 2.27. The van der Waals surface area contributed by atoms with Crippen molar-refractivity contribution in [1.82, 2.24) is 20.3 Å². The molecule has 1 aliphatic heterocycles. The van der Waals surface area contributed by atoms with Crippen LogP contribution in [-0.4, -0.2) is 53.3 Å². The number of rotatable bonds is 9. The molecule has 1 aliphatic rings. The molecule has 2 aromatic carbocycles. The summed E-state index contributed by atoms with van der Waals surface area (Å²) in [5.74, 6) is 0.966. The van der Waals surface area contributed by atoms with Gasteiger partial charge >= 0.3 is 0 Å². The number of oxazole rings is 1. The standard InChI is InChI=1S/C29H31N5O5S/c1-3-19-16-34(29-31-14-23(15-32-29)28-30-11-12-39-28)17-22-13-21(7-10-25(19)22)27(36)33-26(18-35)20-5-8-24(9-6-20)40(37,38)4-2/h5-15,19,26,35H,3-4,16-18H2,1-2H3,(H,33,36)/t19?,26-/m0/s1. The van der Waals surface area contributed by atoms with Crippen LogP contribution in [0.3, 0.4) is 0 Å². The second kappa shape index (κ2) is 11.6. The molecule has 0 fully saturated rings. The molecular formula is C29H31N5O5S. The fourth-order valence-electron chi connectivity index (χ4n) is 4.93. The van der Waals surface area contributed by atoms with Gasteiger partial charge in [0.25, 0.3) is 5.91 Å². The zero-order chi connectivity index (χ0) is 28.3. The van der Waals surface area contributed by atoms with Crippen LogP contribution in [0.2, 0.25) is 0 Å². The summed E-state index contributed by atoms with van der Waals surface area (Å²) in [5.41, 5.74) is 3.99. The molecule has 0 radical (unpaired) electrons. The molecule has 4 aromatic rings. The van der Waals surface area contributed by atoms with E-state index in [1.54, 1.807) is 43.7 Å². The van der Waals surface area contributed by atoms with E-state index in [1.165, 1.54) is 24.0 Å². The Kier molecular flexibility index (Phi) is 7.95. The highest BCUT2D eigenvalue weighted by molar-refractivity contribution is 7.91. The Balaban J connectivity index is 1.34. The van der Waals surface area contributed by atoms with Crippen LogP contribution in [0.15, 0.2) is 76.6 Å². The summed E-state index contributed by atoms with van der Waals surface area (Å²) in [6, 6.07) is 11.2. The maximum Gasteiger partial charge on any atom is 0.251 e. The van der Waals surface area contributed by atoms with Crippen molar-refractivity contribution in [1.29, 1.82) is 0 Å². The summed E-state index contributed by atoms with van der Waals surface area (Å²) in [5, 5.41) is 12.9. The lowest BCUT2D eigenvalue weighted by Gasteiger charge is -2.34. The second-order valence-corrected chi connectivity index (χ2v) is 12.0. The predicted molar refractivity (Wildman–Crippen MR) is 150 cm³/mol. The maximum absolute atomic E-state index is 13.2. The Bertz CT molecular complexity index is 1570. The topological polar surface area (TPSA) is 139 Å². The van der Waals surface area contributed by atoms with Crippen LogP contribution in [0.25, 0.3) is 11.5 Å². The summed E-state index contributed by atoms with van der Waals surface area (Å²) in [6.07, 6.45) is 7.37. The fraction of sp³-hybridized carbons (Fsp3) is 0.310. The molecule has 11 heteroatoms. The largest absolute Gasteiger partial charge is 0.444 e. The highest BCUT2D eigenvalue weighted by Crippen LogP contribution is 2.33. The quantitative estimate of drug-likeness (QED) is 0.311. The van der Waals surface area contributed by atoms with Gasteiger partial charge in [0, 0.05) is 37.0 Å². The first-order valence-electron chi connectivity index (χ1n) is 13.2. The third-order valence-electron chi connectivity index (χ3n) is 7.25. The zero-order valence-electron chi connectivity index (χ0n) is 22.3. The predicted octanol–water partition coefficient (Wildman–Crippen LogP) is 3.90. The molecule has 2 aromatic heterocycles. The average molecular weight is 562 g/mol. The minimum atomic E-state index is -3.34. The van der Waals surface area contributed by atoms with Crippen LogP contribution >= 0.6 is 0 Å². The van der Waals surface area contributed by atoms with E-state index in [2.05, 4.69) is 32.1 Å². The SMILES string of the molecule is CCC1CN(c2ncc(-c3ncco3)cn2)Cc2cc(C(=O)N[C@@H](CO)c3ccc(S(=O)(=O)CC)cc3)ccc21. The molecule has 208 valence electrons. The van der Waals surface area contributed by atoms with Crippen LogP contribution in [0.1, 0.15) is 59.3 Å². The number of amides is 1. The van der Waals surface area contributed by atoms with E-state index in [0.717, 1.165) is 18.5 Å². The minimum Gasteiger partial charge on any atom is -0.444 e. The van der Waals surface area contributed by atoms with E-state index >= 15 is 0 Å². The van der Waals surface area contributed by atoms with Crippen LogP contribution < -0.4 is 10.2 Å². The van der Waals surface area contributed by atoms with E-state index < -0.39 is 15.9 Å². The van der Waals surface area contributed by atoms with Gasteiger partial charge in [-0.25, -0.2) is 23.4 Å². The van der Waals surface area contributed by atoms with Gasteiger partial charge in [-0.05, 0) is 47.4 Å². The van der Waals surface area contributed by atoms with Crippen LogP contribution in [0.5, 0.6) is 0 Å². The van der Waals surface area contributed by atoms with E-state index in [-0.39, 0.29) is 29.1 Å². The Labute approximate surface area is 233 Å². The Morgan fingerprint density at radius 3 is 2.50 bits per heavy atom. The molecule has 0 saturated carbocycles. The summed E-state index contributed by atoms with van der Waals surface area (Å²) >= 11 is 0. The molecule has 2 atom stereocenters. The number of hydrogen-bond donors (Lipinski definition) is 2. The van der Waals surface area contributed by atoms with Crippen molar-refractivity contribution >= 4 is 21.7 Å². The molecule has 0 aliphatic carbocycles. The van der Waals surface area contributed by atoms with Crippen molar-refractivity contribution in [3.05, 3.63) is 89.6 Å². The first-order valence-corrected chi connectivity index (χ1v) is 14.8. The molecular weight excluding hydrogens is 530 g/mol. The van der Waals surface area contributed by atoms with Crippen molar-refractivity contribution < 1.29 is 22.7 Å². The van der Waals surface area contributed by atoms with Crippen molar-refractivity contribution in [3.8, 4) is 11.5 Å². The molecule has 0 saturated heterocycles. The van der Waals surface area contributed by atoms with Gasteiger partial charge < -0.3 is 19.7 Å². The van der Waals surface area contributed by atoms with E-state index in [1.807, 2.05) is 12.1 Å². The van der Waals surface area contributed by atoms with Crippen molar-refractivity contribution in [2.75, 3.05) is 23.8 Å². The van der Waals surface area contributed by atoms with Gasteiger partial charge in [0.2, 0.25) is 11.8 Å². The molecule has 3 heterocycles. The number of nitrogens with zero attached hydrogens (tertiary/aromatic N) is 4. The van der Waals surface area contributed by atoms with E-state index in [4.69, 9.17) is 4.42 Å². The number of aromatic nitrogens is 3. The molecule has 1 unspecified atom stereocenters. The van der Waals surface area contributed by atoms with Crippen LogP contribution in [0.4, 0.5) is 5.95 Å². The van der Waals surface area contributed by atoms with Crippen molar-refractivity contribution in [2.45, 2.75) is 43.7 Å². The smallest absolute Gasteiger partial charge is 0.251 e. The van der Waals surface area contributed by atoms with Crippen LogP contribution in [0, 0.1) is 0 Å². The Morgan fingerprint density at radius 2 is 1.88 bits per heavy atom. The van der Waals surface area contributed by atoms with Gasteiger partial charge in [-0.1, -0.05) is 32.0 Å². The number of carbonyl (C=O) groups excluding carboxylic acids is 1. The summed E-state index contributed by atoms with van der Waals surface area (Å²) in [6.45, 7) is 4.69. The number of sulfone groups is 1. The van der Waals surface area contributed by atoms with Gasteiger partial charge in [0.05, 0.1) is 35.1 Å². The Hall–Kier alpha value is -4.09. The van der Waals surface area contributed by atoms with E-state index in [9.17, 15) is 18.3 Å². The number of hydrogen-bond acceptors (Lipinski definition) is 9. The normalized spacial score (nSPS) is 15.9. The van der Waals surface area contributed by atoms with Gasteiger partial charge in [-0.15, -0.1) is 0 Å². The average Bonchev–Trinajstić information content (AvgIpc) is 3.54. The van der Waals surface area contributed by atoms with E-state index in [0.29, 0.717) is 35.1 Å². The first-order chi connectivity index (χ1) is 19.3. The summed E-state index contributed by atoms with van der Waals surface area (Å²) < 4.78 is 29.6. The molecule has 0 spiro atoms. The lowest BCUT2D eigenvalue weighted by Crippen LogP contribution is -2.35. The van der Waals surface area contributed by atoms with Crippen molar-refractivity contribution in [2.24, 2.45) is 0 Å². The maximum atomic E-state index is 13.2. The van der Waals surface area contributed by atoms with Gasteiger partial charge in [-0.2, -0.15) is 0 Å². The first kappa shape index (κ1) is 27.5. The molecule has 2 N–H and O–H groups in total. The molecule has 5 rings (SSSR count). The van der Waals surface area contributed by atoms with Crippen molar-refractivity contribution in [3.63, 3.8) is 0 Å². The number of nitrogens with one attached hydrogen (secondary N) is 1. The summed E-state index contributed by atoms with van der Waals surface area (Å²) in [4.78, 5) is 28.7. The number of fused-ring (bicyclic) bond motifs is 1. The number of aliphatic hydroxyl groups excluding tert-OH is 1. The monoisotopic (exact) mass is 561 g/mol. The molecule has 1 amide bonds. The third-order valence-corrected chi connectivity index (χ3v) is 9.00. The summed E-state index contributed by atoms with van der Waals surface area (Å²) in [7, 11) is -3.34. The Morgan fingerprint density at radius 1 is 1.12 bits per heavy atom. The number of carbonyl (C=O) groups is 1. The second-order valence-electron chi connectivity index (χ2n) is 9.69. The van der Waals surface area contributed by atoms with Gasteiger partial charge in [0.15, 0.2) is 9.84 Å². The number of anilines is 1. The molecule has 40 heavy (non-hydrogen) atoms. The molecule has 10 nitrogen and oxygen atoms in total. The minimum absolute atomic E-state index is 0.00101. The van der Waals surface area contributed by atoms with Gasteiger partial charge in [0.1, 0.15) is 6.26 Å². The zero-order valence-corrected chi connectivity index (χ0v) is 23.1. The highest BCUT2D eigenvalue weighted by atomic mass is 32.2. The number of benzene rings is 2. The lowest BCUT2D eigenvalue weighted by atomic mass is 9.87. The fourth-order valence-corrected chi connectivity index (χ4v) is 5.81. The lowest BCUT2D eigenvalue weighted by molar-refractivity contribution is 0.0916. The van der Waals surface area contributed by atoms with Gasteiger partial charge in [-0.3, -0.25) is 4.79 Å². The third kappa shape index (κ3) is 5.61. The van der Waals surface area contributed by atoms with Crippen LogP contribution in [-0.2, 0) is 16.4 Å². The number of aliphatic hydroxyl groups is 1.